The number of likely N-dealkylation sites (N-methyl/N-ethyl adjacent to an activating group) is 2. The molecule has 0 bridgehead atoms. The van der Waals surface area contributed by atoms with Crippen molar-refractivity contribution in [2.45, 2.75) is 0 Å². The van der Waals surface area contributed by atoms with Crippen LogP contribution < -0.4 is 16.0 Å². The van der Waals surface area contributed by atoms with E-state index in [0.717, 1.165) is 16.5 Å². The van der Waals surface area contributed by atoms with Crippen LogP contribution in [0.5, 0.6) is 0 Å². The molecule has 1 aromatic carbocycles. The lowest BCUT2D eigenvalue weighted by Gasteiger charge is -2.20. The fourth-order valence-electron chi connectivity index (χ4n) is 1.91. The molecule has 0 fully saturated rings. The molecular weight excluding hydrogens is 228 g/mol. The fraction of sp³-hybridized carbons (Fsp3) is 0.231. The third-order valence-corrected chi connectivity index (χ3v) is 2.90. The first kappa shape index (κ1) is 12.2. The number of nitrogens with two attached hydrogens (primary N) is 1. The highest BCUT2D eigenvalue weighted by Gasteiger charge is 2.10. The predicted molar refractivity (Wildman–Crippen MR) is 73.5 cm³/mol. The van der Waals surface area contributed by atoms with Gasteiger partial charge in [0.25, 0.3) is 0 Å². The Morgan fingerprint density at radius 2 is 2.17 bits per heavy atom. The van der Waals surface area contributed by atoms with Crippen LogP contribution in [0.25, 0.3) is 10.8 Å². The average molecular weight is 244 g/mol. The summed E-state index contributed by atoms with van der Waals surface area (Å²) in [6.45, 7) is 0.296. The molecule has 94 valence electrons. The third kappa shape index (κ3) is 2.20. The monoisotopic (exact) mass is 244 g/mol. The van der Waals surface area contributed by atoms with Gasteiger partial charge in [-0.1, -0.05) is 0 Å². The average Bonchev–Trinajstić information content (AvgIpc) is 2.39. The molecule has 0 radical (unpaired) electrons. The van der Waals surface area contributed by atoms with Crippen molar-refractivity contribution in [3.8, 4) is 0 Å². The van der Waals surface area contributed by atoms with Gasteiger partial charge in [-0.2, -0.15) is 0 Å². The Morgan fingerprint density at radius 1 is 1.39 bits per heavy atom. The van der Waals surface area contributed by atoms with E-state index < -0.39 is 0 Å². The van der Waals surface area contributed by atoms with E-state index in [1.165, 1.54) is 0 Å². The van der Waals surface area contributed by atoms with Crippen LogP contribution in [0.4, 0.5) is 11.4 Å². The third-order valence-electron chi connectivity index (χ3n) is 2.90. The molecule has 2 aromatic rings. The van der Waals surface area contributed by atoms with Crippen molar-refractivity contribution in [2.75, 3.05) is 31.3 Å². The molecule has 5 nitrogen and oxygen atoms in total. The maximum Gasteiger partial charge on any atom is 0.239 e. The second-order valence-electron chi connectivity index (χ2n) is 4.12. The lowest BCUT2D eigenvalue weighted by atomic mass is 10.1. The summed E-state index contributed by atoms with van der Waals surface area (Å²) in [5.74, 6) is -0.0358. The highest BCUT2D eigenvalue weighted by molar-refractivity contribution is 6.01. The van der Waals surface area contributed by atoms with E-state index in [1.54, 1.807) is 19.4 Å². The number of hydrogen-bond acceptors (Lipinski definition) is 4. The summed E-state index contributed by atoms with van der Waals surface area (Å²) in [5, 5.41) is 4.50. The molecule has 1 heterocycles. The molecule has 0 aliphatic carbocycles. The van der Waals surface area contributed by atoms with E-state index >= 15 is 0 Å². The van der Waals surface area contributed by atoms with E-state index in [9.17, 15) is 4.79 Å². The molecule has 1 aromatic heterocycles. The molecule has 2 rings (SSSR count). The van der Waals surface area contributed by atoms with E-state index in [4.69, 9.17) is 5.73 Å². The first-order valence-electron chi connectivity index (χ1n) is 5.67. The number of pyridine rings is 1. The van der Waals surface area contributed by atoms with Gasteiger partial charge in [0, 0.05) is 48.6 Å². The highest BCUT2D eigenvalue weighted by Crippen LogP contribution is 2.29. The Kier molecular flexibility index (Phi) is 3.32. The number of aromatic nitrogens is 1. The molecule has 0 saturated heterocycles. The number of fused-ring (bicyclic) bond motifs is 1. The minimum atomic E-state index is -0.0358. The zero-order chi connectivity index (χ0) is 13.1. The number of anilines is 2. The van der Waals surface area contributed by atoms with Gasteiger partial charge in [0.15, 0.2) is 0 Å². The maximum absolute atomic E-state index is 11.4. The van der Waals surface area contributed by atoms with Gasteiger partial charge in [-0.25, -0.2) is 0 Å². The Balaban J connectivity index is 2.45. The molecule has 3 N–H and O–H groups in total. The summed E-state index contributed by atoms with van der Waals surface area (Å²) < 4.78 is 0. The highest BCUT2D eigenvalue weighted by atomic mass is 16.1. The zero-order valence-electron chi connectivity index (χ0n) is 10.5. The number of carbonyl (C=O) groups is 1. The first-order chi connectivity index (χ1) is 8.63. The summed E-state index contributed by atoms with van der Waals surface area (Å²) in [5.41, 5.74) is 7.58. The van der Waals surface area contributed by atoms with Gasteiger partial charge in [-0.05, 0) is 18.2 Å². The molecule has 18 heavy (non-hydrogen) atoms. The van der Waals surface area contributed by atoms with Crippen LogP contribution >= 0.6 is 0 Å². The maximum atomic E-state index is 11.4. The minimum absolute atomic E-state index is 0.0358. The number of rotatable bonds is 3. The van der Waals surface area contributed by atoms with Gasteiger partial charge >= 0.3 is 0 Å². The molecule has 0 saturated carbocycles. The van der Waals surface area contributed by atoms with Crippen molar-refractivity contribution in [1.82, 2.24) is 10.3 Å². The molecule has 5 heteroatoms. The molecular formula is C13H16N4O. The van der Waals surface area contributed by atoms with Gasteiger partial charge in [0.05, 0.1) is 6.54 Å². The largest absolute Gasteiger partial charge is 0.398 e. The van der Waals surface area contributed by atoms with Crippen LogP contribution in [0.15, 0.2) is 30.6 Å². The number of carbonyl (C=O) groups excluding carboxylic acids is 1. The van der Waals surface area contributed by atoms with Crippen LogP contribution in [0, 0.1) is 0 Å². The lowest BCUT2D eigenvalue weighted by molar-refractivity contribution is -0.119. The van der Waals surface area contributed by atoms with Crippen LogP contribution in [0.3, 0.4) is 0 Å². The van der Waals surface area contributed by atoms with E-state index in [1.807, 2.05) is 30.1 Å². The number of benzene rings is 1. The Hall–Kier alpha value is -2.30. The Morgan fingerprint density at radius 3 is 2.89 bits per heavy atom. The summed E-state index contributed by atoms with van der Waals surface area (Å²) in [4.78, 5) is 17.4. The van der Waals surface area contributed by atoms with E-state index in [2.05, 4.69) is 10.3 Å². The molecule has 0 unspecified atom stereocenters. The topological polar surface area (TPSA) is 71.2 Å². The van der Waals surface area contributed by atoms with Crippen LogP contribution in [0.2, 0.25) is 0 Å². The lowest BCUT2D eigenvalue weighted by Crippen LogP contribution is -2.33. The standard InChI is InChI=1S/C13H16N4O/c1-15-13(18)8-17(2)12-4-3-11(14)9-5-6-16-7-10(9)12/h3-7H,8,14H2,1-2H3,(H,15,18). The normalized spacial score (nSPS) is 10.3. The quantitative estimate of drug-likeness (QED) is 0.790. The summed E-state index contributed by atoms with van der Waals surface area (Å²) in [7, 11) is 3.49. The molecule has 0 aliphatic rings. The smallest absolute Gasteiger partial charge is 0.239 e. The van der Waals surface area contributed by atoms with Gasteiger partial charge in [-0.3, -0.25) is 9.78 Å². The van der Waals surface area contributed by atoms with Gasteiger partial charge < -0.3 is 16.0 Å². The van der Waals surface area contributed by atoms with Gasteiger partial charge in [0.1, 0.15) is 0 Å². The summed E-state index contributed by atoms with van der Waals surface area (Å²) in [6, 6.07) is 5.63. The molecule has 0 atom stereocenters. The van der Waals surface area contributed by atoms with Gasteiger partial charge in [-0.15, -0.1) is 0 Å². The number of hydrogen-bond donors (Lipinski definition) is 2. The second kappa shape index (κ2) is 4.91. The summed E-state index contributed by atoms with van der Waals surface area (Å²) >= 11 is 0. The van der Waals surface area contributed by atoms with Crippen LogP contribution in [0.1, 0.15) is 0 Å². The molecule has 0 spiro atoms. The molecule has 1 amide bonds. The van der Waals surface area contributed by atoms with Crippen molar-refractivity contribution >= 4 is 28.1 Å². The van der Waals surface area contributed by atoms with Crippen molar-refractivity contribution in [1.29, 1.82) is 0 Å². The predicted octanol–water partition coefficient (Wildman–Crippen LogP) is 0.999. The first-order valence-corrected chi connectivity index (χ1v) is 5.67. The minimum Gasteiger partial charge on any atom is -0.398 e. The Bertz CT molecular complexity index is 582. The number of nitrogen functional groups attached to an aromatic ring is 1. The van der Waals surface area contributed by atoms with Crippen molar-refractivity contribution < 1.29 is 4.79 Å². The SMILES string of the molecule is CNC(=O)CN(C)c1ccc(N)c2ccncc12. The fourth-order valence-corrected chi connectivity index (χ4v) is 1.91. The van der Waals surface area contributed by atoms with Crippen molar-refractivity contribution in [3.05, 3.63) is 30.6 Å². The van der Waals surface area contributed by atoms with E-state index in [-0.39, 0.29) is 5.91 Å². The number of nitrogens with one attached hydrogen (secondary N) is 1. The number of nitrogens with zero attached hydrogens (tertiary/aromatic N) is 2. The zero-order valence-corrected chi connectivity index (χ0v) is 10.5. The second-order valence-corrected chi connectivity index (χ2v) is 4.12. The molecule has 0 aliphatic heterocycles. The van der Waals surface area contributed by atoms with Crippen molar-refractivity contribution in [3.63, 3.8) is 0 Å². The Labute approximate surface area is 106 Å². The van der Waals surface area contributed by atoms with Gasteiger partial charge in [0.2, 0.25) is 5.91 Å². The van der Waals surface area contributed by atoms with E-state index in [0.29, 0.717) is 12.2 Å². The van der Waals surface area contributed by atoms with Crippen molar-refractivity contribution in [2.24, 2.45) is 0 Å². The summed E-state index contributed by atoms with van der Waals surface area (Å²) in [6.07, 6.45) is 3.47. The van der Waals surface area contributed by atoms with Crippen LogP contribution in [-0.2, 0) is 4.79 Å². The van der Waals surface area contributed by atoms with Crippen LogP contribution in [-0.4, -0.2) is 31.5 Å². The number of amides is 1.